The molecule has 4 heteroatoms. The maximum atomic E-state index is 6.12. The number of hydrazine groups is 1. The zero-order chi connectivity index (χ0) is 9.97. The van der Waals surface area contributed by atoms with Gasteiger partial charge < -0.3 is 5.73 Å². The van der Waals surface area contributed by atoms with Crippen LogP contribution in [-0.4, -0.2) is 13.1 Å². The molecule has 0 radical (unpaired) electrons. The van der Waals surface area contributed by atoms with Crippen LogP contribution in [0.4, 0.5) is 0 Å². The van der Waals surface area contributed by atoms with Crippen molar-refractivity contribution in [2.75, 3.05) is 13.1 Å². The molecule has 1 heterocycles. The van der Waals surface area contributed by atoms with Crippen molar-refractivity contribution < 1.29 is 0 Å². The Labute approximate surface area is 88.6 Å². The first-order chi connectivity index (χ1) is 6.83. The monoisotopic (exact) mass is 211 g/mol. The Kier molecular flexibility index (Phi) is 3.03. The number of nitrogens with two attached hydrogens (primary N) is 1. The van der Waals surface area contributed by atoms with Crippen molar-refractivity contribution in [3.05, 3.63) is 34.9 Å². The summed E-state index contributed by atoms with van der Waals surface area (Å²) in [5.74, 6) is 0.412. The molecule has 1 fully saturated rings. The molecule has 1 saturated heterocycles. The largest absolute Gasteiger partial charge is 0.330 e. The van der Waals surface area contributed by atoms with Gasteiger partial charge in [-0.1, -0.05) is 29.8 Å². The SMILES string of the molecule is NCC1CNNC1c1ccccc1Cl. The van der Waals surface area contributed by atoms with E-state index in [1.807, 2.05) is 24.3 Å². The predicted molar refractivity (Wildman–Crippen MR) is 57.9 cm³/mol. The molecule has 0 amide bonds. The van der Waals surface area contributed by atoms with Crippen LogP contribution in [0.2, 0.25) is 5.02 Å². The van der Waals surface area contributed by atoms with Gasteiger partial charge >= 0.3 is 0 Å². The van der Waals surface area contributed by atoms with E-state index < -0.39 is 0 Å². The van der Waals surface area contributed by atoms with Gasteiger partial charge in [-0.25, -0.2) is 5.43 Å². The molecule has 2 unspecified atom stereocenters. The number of rotatable bonds is 2. The van der Waals surface area contributed by atoms with Crippen LogP contribution in [0.5, 0.6) is 0 Å². The molecule has 0 bridgehead atoms. The topological polar surface area (TPSA) is 50.1 Å². The van der Waals surface area contributed by atoms with E-state index in [-0.39, 0.29) is 6.04 Å². The van der Waals surface area contributed by atoms with Gasteiger partial charge in [0.1, 0.15) is 0 Å². The second-order valence-corrected chi connectivity index (χ2v) is 3.93. The number of hydrogen-bond acceptors (Lipinski definition) is 3. The molecule has 0 aliphatic carbocycles. The molecule has 4 N–H and O–H groups in total. The standard InChI is InChI=1S/C10H14ClN3/c11-9-4-2-1-3-8(9)10-7(5-12)6-13-14-10/h1-4,7,10,13-14H,5-6,12H2. The minimum absolute atomic E-state index is 0.230. The molecule has 2 rings (SSSR count). The average Bonchev–Trinajstić information content (AvgIpc) is 2.66. The zero-order valence-electron chi connectivity index (χ0n) is 7.83. The van der Waals surface area contributed by atoms with Gasteiger partial charge in [0.15, 0.2) is 0 Å². The first-order valence-corrected chi connectivity index (χ1v) is 5.13. The Bertz CT molecular complexity index is 316. The Morgan fingerprint density at radius 3 is 2.93 bits per heavy atom. The van der Waals surface area contributed by atoms with Crippen molar-refractivity contribution in [1.29, 1.82) is 0 Å². The summed E-state index contributed by atoms with van der Waals surface area (Å²) in [7, 11) is 0. The van der Waals surface area contributed by atoms with E-state index in [0.29, 0.717) is 12.5 Å². The lowest BCUT2D eigenvalue weighted by molar-refractivity contribution is 0.483. The van der Waals surface area contributed by atoms with Gasteiger partial charge in [0, 0.05) is 17.5 Å². The van der Waals surface area contributed by atoms with Crippen LogP contribution in [0.25, 0.3) is 0 Å². The van der Waals surface area contributed by atoms with Crippen molar-refractivity contribution in [2.24, 2.45) is 11.7 Å². The third-order valence-electron chi connectivity index (χ3n) is 2.64. The number of hydrogen-bond donors (Lipinski definition) is 3. The highest BCUT2D eigenvalue weighted by Crippen LogP contribution is 2.29. The summed E-state index contributed by atoms with van der Waals surface area (Å²) in [5, 5.41) is 0.798. The number of halogens is 1. The zero-order valence-corrected chi connectivity index (χ0v) is 8.59. The van der Waals surface area contributed by atoms with Crippen LogP contribution in [0.3, 0.4) is 0 Å². The van der Waals surface area contributed by atoms with Gasteiger partial charge in [-0.2, -0.15) is 0 Å². The first-order valence-electron chi connectivity index (χ1n) is 4.76. The first kappa shape index (κ1) is 9.93. The maximum Gasteiger partial charge on any atom is 0.0529 e. The fraction of sp³-hybridized carbons (Fsp3) is 0.400. The number of benzene rings is 1. The van der Waals surface area contributed by atoms with E-state index in [9.17, 15) is 0 Å². The second kappa shape index (κ2) is 4.28. The molecule has 3 nitrogen and oxygen atoms in total. The van der Waals surface area contributed by atoms with Crippen LogP contribution in [0.15, 0.2) is 24.3 Å². The Balaban J connectivity index is 2.26. The summed E-state index contributed by atoms with van der Waals surface area (Å²) >= 11 is 6.12. The summed E-state index contributed by atoms with van der Waals surface area (Å²) < 4.78 is 0. The summed E-state index contributed by atoms with van der Waals surface area (Å²) in [6.45, 7) is 1.56. The molecular weight excluding hydrogens is 198 g/mol. The minimum atomic E-state index is 0.230. The lowest BCUT2D eigenvalue weighted by Crippen LogP contribution is -2.26. The van der Waals surface area contributed by atoms with E-state index in [1.165, 1.54) is 0 Å². The smallest absolute Gasteiger partial charge is 0.0529 e. The van der Waals surface area contributed by atoms with Gasteiger partial charge in [0.2, 0.25) is 0 Å². The third kappa shape index (κ3) is 1.77. The molecule has 2 atom stereocenters. The van der Waals surface area contributed by atoms with Gasteiger partial charge in [-0.3, -0.25) is 5.43 Å². The Morgan fingerprint density at radius 2 is 2.21 bits per heavy atom. The Morgan fingerprint density at radius 1 is 1.43 bits per heavy atom. The van der Waals surface area contributed by atoms with Crippen LogP contribution in [0.1, 0.15) is 11.6 Å². The van der Waals surface area contributed by atoms with E-state index >= 15 is 0 Å². The van der Waals surface area contributed by atoms with E-state index in [2.05, 4.69) is 10.9 Å². The van der Waals surface area contributed by atoms with Gasteiger partial charge in [0.25, 0.3) is 0 Å². The molecule has 0 spiro atoms. The molecular formula is C10H14ClN3. The Hall–Kier alpha value is -0.610. The number of nitrogens with one attached hydrogen (secondary N) is 2. The summed E-state index contributed by atoms with van der Waals surface area (Å²) in [5.41, 5.74) is 13.1. The van der Waals surface area contributed by atoms with E-state index in [1.54, 1.807) is 0 Å². The lowest BCUT2D eigenvalue weighted by atomic mass is 9.95. The molecule has 76 valence electrons. The molecule has 0 saturated carbocycles. The quantitative estimate of drug-likeness (QED) is 0.686. The molecule has 14 heavy (non-hydrogen) atoms. The van der Waals surface area contributed by atoms with Crippen molar-refractivity contribution in [2.45, 2.75) is 6.04 Å². The average molecular weight is 212 g/mol. The van der Waals surface area contributed by atoms with Crippen LogP contribution < -0.4 is 16.6 Å². The van der Waals surface area contributed by atoms with Gasteiger partial charge in [0.05, 0.1) is 6.04 Å². The highest BCUT2D eigenvalue weighted by Gasteiger charge is 2.27. The van der Waals surface area contributed by atoms with Crippen molar-refractivity contribution >= 4 is 11.6 Å². The van der Waals surface area contributed by atoms with Crippen molar-refractivity contribution in [1.82, 2.24) is 10.9 Å². The summed E-state index contributed by atoms with van der Waals surface area (Å²) in [6.07, 6.45) is 0. The van der Waals surface area contributed by atoms with Crippen LogP contribution in [0, 0.1) is 5.92 Å². The highest BCUT2D eigenvalue weighted by molar-refractivity contribution is 6.31. The third-order valence-corrected chi connectivity index (χ3v) is 2.98. The maximum absolute atomic E-state index is 6.12. The van der Waals surface area contributed by atoms with Crippen molar-refractivity contribution in [3.8, 4) is 0 Å². The summed E-state index contributed by atoms with van der Waals surface area (Å²) in [6, 6.07) is 8.11. The molecule has 1 aliphatic rings. The van der Waals surface area contributed by atoms with E-state index in [0.717, 1.165) is 17.1 Å². The van der Waals surface area contributed by atoms with Crippen LogP contribution in [-0.2, 0) is 0 Å². The molecule has 1 aromatic carbocycles. The lowest BCUT2D eigenvalue weighted by Gasteiger charge is -2.18. The molecule has 1 aromatic rings. The highest BCUT2D eigenvalue weighted by atomic mass is 35.5. The van der Waals surface area contributed by atoms with Gasteiger partial charge in [-0.05, 0) is 18.2 Å². The summed E-state index contributed by atoms with van der Waals surface area (Å²) in [4.78, 5) is 0. The fourth-order valence-corrected chi connectivity index (χ4v) is 2.07. The molecule has 0 aromatic heterocycles. The molecule has 1 aliphatic heterocycles. The fourth-order valence-electron chi connectivity index (χ4n) is 1.81. The normalized spacial score (nSPS) is 26.7. The predicted octanol–water partition coefficient (Wildman–Crippen LogP) is 1.06. The van der Waals surface area contributed by atoms with Crippen LogP contribution >= 0.6 is 11.6 Å². The second-order valence-electron chi connectivity index (χ2n) is 3.52. The van der Waals surface area contributed by atoms with Crippen molar-refractivity contribution in [3.63, 3.8) is 0 Å². The van der Waals surface area contributed by atoms with Gasteiger partial charge in [-0.15, -0.1) is 0 Å². The van der Waals surface area contributed by atoms with E-state index in [4.69, 9.17) is 17.3 Å². The minimum Gasteiger partial charge on any atom is -0.330 e.